The van der Waals surface area contributed by atoms with E-state index in [0.717, 1.165) is 55.6 Å². The standard InChI is InChI=1S/C92H62/c1-13-37-63(38-14-1)75-61-62-76-86(77(75)64-39-15-2-16-40-64)92(74-59-35-12-36-60-74)89-84(71-53-29-9-30-54-71)80(67-45-21-5-22-46-67)78(65-41-17-3-18-42-65)82(69-49-25-7-26-50-69)87(89)91(76,73-57-33-11-34-58-73)88-83(70-51-27-8-28-52-70)79(66-43-19-4-20-44-66)81(68-47-23-6-24-48-68)85(90(88)92)72-55-31-10-32-56-72/h1-62H. The molecule has 0 nitrogen and oxygen atoms in total. The van der Waals surface area contributed by atoms with Crippen molar-refractivity contribution in [2.75, 3.05) is 0 Å². The third kappa shape index (κ3) is 8.31. The smallest absolute Gasteiger partial charge is 0.0622 e. The van der Waals surface area contributed by atoms with E-state index in [0.29, 0.717) is 0 Å². The third-order valence-electron chi connectivity index (χ3n) is 19.5. The molecule has 2 bridgehead atoms. The van der Waals surface area contributed by atoms with Gasteiger partial charge >= 0.3 is 0 Å². The molecule has 0 spiro atoms. The first-order valence-corrected chi connectivity index (χ1v) is 32.1. The molecule has 0 fully saturated rings. The number of hydrogen-bond donors (Lipinski definition) is 0. The quantitative estimate of drug-likeness (QED) is 0.114. The summed E-state index contributed by atoms with van der Waals surface area (Å²) in [5.41, 5.74) is 31.0. The summed E-state index contributed by atoms with van der Waals surface area (Å²) in [7, 11) is 0. The summed E-state index contributed by atoms with van der Waals surface area (Å²) in [6.45, 7) is 0. The van der Waals surface area contributed by atoms with Crippen molar-refractivity contribution >= 4 is 0 Å². The van der Waals surface area contributed by atoms with Gasteiger partial charge in [0.25, 0.3) is 0 Å². The summed E-state index contributed by atoms with van der Waals surface area (Å²) < 4.78 is 0. The molecule has 0 unspecified atom stereocenters. The van der Waals surface area contributed by atoms with Gasteiger partial charge in [0.15, 0.2) is 0 Å². The SMILES string of the molecule is c1ccc(-c2ccc3c(c2-c2ccccc2)C2(c4ccccc4)c4c(-c5ccccc5)c(-c5ccccc5)c(-c5ccccc5)c(-c5ccccc5)c4C3(c3ccccc3)c3c(-c4ccccc4)c(-c4ccccc4)c(-c4ccccc4)c(-c4ccccc4)c32)cc1. The maximum atomic E-state index is 2.58. The Morgan fingerprint density at radius 3 is 0.587 bits per heavy atom. The van der Waals surface area contributed by atoms with Crippen LogP contribution in [0.2, 0.25) is 0 Å². The first-order valence-electron chi connectivity index (χ1n) is 32.1. The van der Waals surface area contributed by atoms with E-state index in [1.807, 2.05) is 0 Å². The Bertz CT molecular complexity index is 4930. The average Bonchev–Trinajstić information content (AvgIpc) is 0.625. The van der Waals surface area contributed by atoms with Crippen LogP contribution < -0.4 is 0 Å². The van der Waals surface area contributed by atoms with Crippen molar-refractivity contribution in [1.29, 1.82) is 0 Å². The van der Waals surface area contributed by atoms with Gasteiger partial charge in [0, 0.05) is 0 Å². The Morgan fingerprint density at radius 2 is 0.326 bits per heavy atom. The second-order valence-corrected chi connectivity index (χ2v) is 24.3. The monoisotopic (exact) mass is 1170 g/mol. The van der Waals surface area contributed by atoms with E-state index in [-0.39, 0.29) is 0 Å². The minimum absolute atomic E-state index is 1.11. The lowest BCUT2D eigenvalue weighted by molar-refractivity contribution is 0.565. The summed E-state index contributed by atoms with van der Waals surface area (Å²) in [6, 6.07) is 142. The Balaban J connectivity index is 1.31. The van der Waals surface area contributed by atoms with Gasteiger partial charge < -0.3 is 0 Å². The summed E-state index contributed by atoms with van der Waals surface area (Å²) in [5, 5.41) is 0. The van der Waals surface area contributed by atoms with Gasteiger partial charge in [-0.15, -0.1) is 0 Å². The van der Waals surface area contributed by atoms with Crippen LogP contribution in [-0.4, -0.2) is 0 Å². The molecule has 0 aromatic heterocycles. The molecule has 0 radical (unpaired) electrons. The molecule has 0 saturated carbocycles. The minimum atomic E-state index is -1.16. The van der Waals surface area contributed by atoms with Crippen LogP contribution in [0.1, 0.15) is 44.5 Å². The summed E-state index contributed by atoms with van der Waals surface area (Å²) in [5.74, 6) is 0. The van der Waals surface area contributed by atoms with Gasteiger partial charge in [-0.05, 0) is 156 Å². The van der Waals surface area contributed by atoms with Crippen LogP contribution >= 0.6 is 0 Å². The van der Waals surface area contributed by atoms with Crippen LogP contribution in [0.15, 0.2) is 376 Å². The Morgan fingerprint density at radius 1 is 0.130 bits per heavy atom. The van der Waals surface area contributed by atoms with Crippen LogP contribution in [-0.2, 0) is 10.8 Å². The van der Waals surface area contributed by atoms with E-state index in [4.69, 9.17) is 0 Å². The van der Waals surface area contributed by atoms with E-state index in [9.17, 15) is 0 Å². The normalized spacial score (nSPS) is 15.0. The fourth-order valence-corrected chi connectivity index (χ4v) is 16.2. The maximum Gasteiger partial charge on any atom is 0.0730 e. The highest BCUT2D eigenvalue weighted by atomic mass is 14.7. The average molecular weight is 1170 g/mol. The van der Waals surface area contributed by atoms with Crippen molar-refractivity contribution in [3.8, 4) is 111 Å². The van der Waals surface area contributed by atoms with E-state index in [1.54, 1.807) is 0 Å². The summed E-state index contributed by atoms with van der Waals surface area (Å²) >= 11 is 0. The predicted octanol–water partition coefficient (Wildman–Crippen LogP) is 23.7. The molecule has 3 aliphatic carbocycles. The lowest BCUT2D eigenvalue weighted by atomic mass is 9.39. The first-order chi connectivity index (χ1) is 45.8. The highest BCUT2D eigenvalue weighted by Gasteiger charge is 2.66. The molecular formula is C92H62. The van der Waals surface area contributed by atoms with E-state index in [2.05, 4.69) is 376 Å². The van der Waals surface area contributed by atoms with Gasteiger partial charge in [0.05, 0.1) is 10.8 Å². The molecule has 15 aromatic carbocycles. The van der Waals surface area contributed by atoms with Crippen molar-refractivity contribution in [3.63, 3.8) is 0 Å². The highest BCUT2D eigenvalue weighted by Crippen LogP contribution is 2.76. The second-order valence-electron chi connectivity index (χ2n) is 24.3. The Hall–Kier alpha value is -11.7. The molecule has 0 N–H and O–H groups in total. The van der Waals surface area contributed by atoms with Crippen LogP contribution in [0, 0.1) is 0 Å². The van der Waals surface area contributed by atoms with Gasteiger partial charge in [-0.1, -0.05) is 376 Å². The maximum absolute atomic E-state index is 2.58. The molecule has 15 aromatic rings. The van der Waals surface area contributed by atoms with Crippen molar-refractivity contribution < 1.29 is 0 Å². The number of rotatable bonds is 12. The highest BCUT2D eigenvalue weighted by molar-refractivity contribution is 6.15. The molecule has 0 atom stereocenters. The second kappa shape index (κ2) is 22.7. The molecule has 430 valence electrons. The zero-order valence-electron chi connectivity index (χ0n) is 50.8. The zero-order chi connectivity index (χ0) is 61.0. The van der Waals surface area contributed by atoms with Crippen LogP contribution in [0.4, 0.5) is 0 Å². The van der Waals surface area contributed by atoms with Crippen molar-refractivity contribution in [3.05, 3.63) is 421 Å². The topological polar surface area (TPSA) is 0 Å². The first kappa shape index (κ1) is 54.5. The van der Waals surface area contributed by atoms with E-state index >= 15 is 0 Å². The molecule has 92 heavy (non-hydrogen) atoms. The Labute approximate surface area is 539 Å². The molecule has 0 aliphatic heterocycles. The van der Waals surface area contributed by atoms with Crippen LogP contribution in [0.25, 0.3) is 111 Å². The van der Waals surface area contributed by atoms with Crippen molar-refractivity contribution in [2.45, 2.75) is 10.8 Å². The fourth-order valence-electron chi connectivity index (χ4n) is 16.2. The van der Waals surface area contributed by atoms with Gasteiger partial charge in [0.1, 0.15) is 0 Å². The number of benzene rings is 15. The minimum Gasteiger partial charge on any atom is -0.0622 e. The molecule has 18 rings (SSSR count). The lowest BCUT2D eigenvalue weighted by Crippen LogP contribution is -2.54. The van der Waals surface area contributed by atoms with Gasteiger partial charge in [-0.3, -0.25) is 0 Å². The fraction of sp³-hybridized carbons (Fsp3) is 0.0217. The van der Waals surface area contributed by atoms with Crippen LogP contribution in [0.5, 0.6) is 0 Å². The molecule has 0 heteroatoms. The van der Waals surface area contributed by atoms with Gasteiger partial charge in [-0.2, -0.15) is 0 Å². The molecule has 0 heterocycles. The Kier molecular flexibility index (Phi) is 13.4. The van der Waals surface area contributed by atoms with E-state index in [1.165, 1.54) is 100 Å². The van der Waals surface area contributed by atoms with Crippen molar-refractivity contribution in [1.82, 2.24) is 0 Å². The summed E-state index contributed by atoms with van der Waals surface area (Å²) in [4.78, 5) is 0. The van der Waals surface area contributed by atoms with Crippen molar-refractivity contribution in [2.24, 2.45) is 0 Å². The zero-order valence-corrected chi connectivity index (χ0v) is 50.8. The summed E-state index contributed by atoms with van der Waals surface area (Å²) in [6.07, 6.45) is 0. The molecule has 3 aliphatic rings. The number of hydrogen-bond acceptors (Lipinski definition) is 0. The lowest BCUT2D eigenvalue weighted by Gasteiger charge is -2.61. The van der Waals surface area contributed by atoms with E-state index < -0.39 is 10.8 Å². The molecular weight excluding hydrogens is 1110 g/mol. The third-order valence-corrected chi connectivity index (χ3v) is 19.5. The van der Waals surface area contributed by atoms with Gasteiger partial charge in [0.2, 0.25) is 0 Å². The molecule has 0 saturated heterocycles. The molecule has 0 amide bonds. The van der Waals surface area contributed by atoms with Crippen LogP contribution in [0.3, 0.4) is 0 Å². The predicted molar refractivity (Wildman–Crippen MR) is 385 cm³/mol. The largest absolute Gasteiger partial charge is 0.0730 e. The van der Waals surface area contributed by atoms with Gasteiger partial charge in [-0.25, -0.2) is 0 Å².